The number of benzene rings is 2. The molecule has 0 spiro atoms. The first-order valence-electron chi connectivity index (χ1n) is 9.55. The zero-order valence-corrected chi connectivity index (χ0v) is 15.9. The van der Waals surface area contributed by atoms with Crippen molar-refractivity contribution in [1.82, 2.24) is 10.1 Å². The average Bonchev–Trinajstić information content (AvgIpc) is 3.46. The Hall–Kier alpha value is -3.67. The first-order chi connectivity index (χ1) is 14.3. The summed E-state index contributed by atoms with van der Waals surface area (Å²) in [6, 6.07) is 23.4. The number of para-hydroxylation sites is 1. The molecule has 2 heterocycles. The summed E-state index contributed by atoms with van der Waals surface area (Å²) >= 11 is 0. The van der Waals surface area contributed by atoms with Gasteiger partial charge in [-0.05, 0) is 36.2 Å². The number of aryl methyl sites for hydroxylation is 1. The predicted octanol–water partition coefficient (Wildman–Crippen LogP) is 4.54. The highest BCUT2D eigenvalue weighted by Gasteiger charge is 2.18. The lowest BCUT2D eigenvalue weighted by molar-refractivity contribution is -0.118. The molecule has 0 N–H and O–H groups in total. The normalized spacial score (nSPS) is 10.8. The summed E-state index contributed by atoms with van der Waals surface area (Å²) in [7, 11) is 0. The van der Waals surface area contributed by atoms with Crippen molar-refractivity contribution in [3.63, 3.8) is 0 Å². The van der Waals surface area contributed by atoms with Crippen molar-refractivity contribution in [2.45, 2.75) is 19.3 Å². The lowest BCUT2D eigenvalue weighted by Gasteiger charge is -2.23. The number of anilines is 1. The smallest absolute Gasteiger partial charge is 0.238 e. The number of carbonyl (C=O) groups excluding carboxylic acids is 1. The van der Waals surface area contributed by atoms with Crippen LogP contribution in [0.4, 0.5) is 5.69 Å². The highest BCUT2D eigenvalue weighted by Crippen LogP contribution is 2.19. The fourth-order valence-electron chi connectivity index (χ4n) is 3.10. The molecular weight excluding hydrogens is 366 g/mol. The van der Waals surface area contributed by atoms with Gasteiger partial charge in [-0.25, -0.2) is 0 Å². The van der Waals surface area contributed by atoms with Crippen molar-refractivity contribution < 1.29 is 13.7 Å². The molecular formula is C23H21N3O3. The van der Waals surface area contributed by atoms with E-state index in [2.05, 4.69) is 22.3 Å². The molecule has 146 valence electrons. The zero-order chi connectivity index (χ0) is 19.9. The molecule has 6 heteroatoms. The maximum absolute atomic E-state index is 13.0. The van der Waals surface area contributed by atoms with Crippen LogP contribution in [-0.4, -0.2) is 22.6 Å². The van der Waals surface area contributed by atoms with Gasteiger partial charge in [-0.3, -0.25) is 4.79 Å². The maximum atomic E-state index is 13.0. The molecule has 0 aliphatic heterocycles. The Morgan fingerprint density at radius 1 is 0.897 bits per heavy atom. The number of carbonyl (C=O) groups is 1. The van der Waals surface area contributed by atoms with Gasteiger partial charge in [0.2, 0.25) is 17.6 Å². The Kier molecular flexibility index (Phi) is 5.81. The Morgan fingerprint density at radius 2 is 1.66 bits per heavy atom. The molecule has 4 aromatic rings. The molecule has 0 radical (unpaired) electrons. The molecule has 1 amide bonds. The molecule has 2 aromatic carbocycles. The summed E-state index contributed by atoms with van der Waals surface area (Å²) in [6.07, 6.45) is 2.99. The van der Waals surface area contributed by atoms with Crippen molar-refractivity contribution in [3.8, 4) is 11.6 Å². The Labute approximate surface area is 168 Å². The van der Waals surface area contributed by atoms with Gasteiger partial charge >= 0.3 is 0 Å². The summed E-state index contributed by atoms with van der Waals surface area (Å²) in [5, 5.41) is 3.91. The molecule has 0 aliphatic carbocycles. The third kappa shape index (κ3) is 4.79. The van der Waals surface area contributed by atoms with E-state index in [1.54, 1.807) is 18.4 Å². The van der Waals surface area contributed by atoms with Crippen LogP contribution in [0.2, 0.25) is 0 Å². The summed E-state index contributed by atoms with van der Waals surface area (Å²) in [4.78, 5) is 19.1. The van der Waals surface area contributed by atoms with E-state index in [0.717, 1.165) is 12.1 Å². The van der Waals surface area contributed by atoms with Crippen molar-refractivity contribution >= 4 is 11.6 Å². The van der Waals surface area contributed by atoms with Crippen LogP contribution >= 0.6 is 0 Å². The minimum absolute atomic E-state index is 0.0184. The van der Waals surface area contributed by atoms with E-state index in [9.17, 15) is 4.79 Å². The Morgan fingerprint density at radius 3 is 2.38 bits per heavy atom. The van der Waals surface area contributed by atoms with Crippen LogP contribution < -0.4 is 4.90 Å². The largest absolute Gasteiger partial charge is 0.461 e. The average molecular weight is 387 g/mol. The third-order valence-electron chi connectivity index (χ3n) is 4.60. The zero-order valence-electron chi connectivity index (χ0n) is 15.9. The van der Waals surface area contributed by atoms with Crippen LogP contribution in [0.25, 0.3) is 11.6 Å². The molecule has 4 rings (SSSR count). The molecule has 0 fully saturated rings. The third-order valence-corrected chi connectivity index (χ3v) is 4.60. The summed E-state index contributed by atoms with van der Waals surface area (Å²) in [5.74, 6) is 1.37. The van der Waals surface area contributed by atoms with Crippen LogP contribution in [0.5, 0.6) is 0 Å². The second-order valence-electron chi connectivity index (χ2n) is 6.61. The molecule has 2 aromatic heterocycles. The van der Waals surface area contributed by atoms with Gasteiger partial charge in [-0.2, -0.15) is 4.98 Å². The van der Waals surface area contributed by atoms with E-state index in [-0.39, 0.29) is 12.3 Å². The van der Waals surface area contributed by atoms with Crippen molar-refractivity contribution in [2.75, 3.05) is 11.4 Å². The molecule has 0 unspecified atom stereocenters. The lowest BCUT2D eigenvalue weighted by atomic mass is 10.1. The van der Waals surface area contributed by atoms with Gasteiger partial charge in [0.25, 0.3) is 0 Å². The van der Waals surface area contributed by atoms with Gasteiger partial charge in [0.05, 0.1) is 6.26 Å². The summed E-state index contributed by atoms with van der Waals surface area (Å²) in [5.41, 5.74) is 2.08. The summed E-state index contributed by atoms with van der Waals surface area (Å²) in [6.45, 7) is 0.605. The standard InChI is InChI=1S/C23H21N3O3/c27-22(14-13-21-24-23(25-29-21)20-12-7-17-28-20)26(19-10-5-2-6-11-19)16-15-18-8-3-1-4-9-18/h1-12,17H,13-16H2. The quantitative estimate of drug-likeness (QED) is 0.444. The molecule has 0 aliphatic rings. The van der Waals surface area contributed by atoms with Gasteiger partial charge in [0.15, 0.2) is 5.76 Å². The van der Waals surface area contributed by atoms with Gasteiger partial charge in [0.1, 0.15) is 0 Å². The van der Waals surface area contributed by atoms with E-state index in [1.165, 1.54) is 5.56 Å². The number of aromatic nitrogens is 2. The Bertz CT molecular complexity index is 1030. The van der Waals surface area contributed by atoms with Crippen LogP contribution in [-0.2, 0) is 17.6 Å². The fraction of sp³-hybridized carbons (Fsp3) is 0.174. The van der Waals surface area contributed by atoms with Crippen LogP contribution in [0, 0.1) is 0 Å². The Balaban J connectivity index is 1.42. The minimum atomic E-state index is 0.0184. The molecule has 0 saturated heterocycles. The summed E-state index contributed by atoms with van der Waals surface area (Å²) < 4.78 is 10.5. The van der Waals surface area contributed by atoms with Crippen molar-refractivity contribution in [2.24, 2.45) is 0 Å². The topological polar surface area (TPSA) is 72.4 Å². The minimum Gasteiger partial charge on any atom is -0.461 e. The van der Waals surface area contributed by atoms with Gasteiger partial charge < -0.3 is 13.8 Å². The number of hydrogen-bond donors (Lipinski definition) is 0. The number of rotatable bonds is 8. The molecule has 29 heavy (non-hydrogen) atoms. The number of amides is 1. The first-order valence-corrected chi connectivity index (χ1v) is 9.55. The van der Waals surface area contributed by atoms with Crippen molar-refractivity contribution in [3.05, 3.63) is 90.5 Å². The van der Waals surface area contributed by atoms with E-state index in [4.69, 9.17) is 8.94 Å². The number of furan rings is 1. The van der Waals surface area contributed by atoms with Crippen molar-refractivity contribution in [1.29, 1.82) is 0 Å². The molecule has 0 bridgehead atoms. The van der Waals surface area contributed by atoms with E-state index < -0.39 is 0 Å². The second-order valence-corrected chi connectivity index (χ2v) is 6.61. The van der Waals surface area contributed by atoms with Crippen LogP contribution in [0.3, 0.4) is 0 Å². The van der Waals surface area contributed by atoms with E-state index in [1.807, 2.05) is 53.4 Å². The van der Waals surface area contributed by atoms with E-state index >= 15 is 0 Å². The monoisotopic (exact) mass is 387 g/mol. The fourth-order valence-corrected chi connectivity index (χ4v) is 3.10. The molecule has 0 saturated carbocycles. The van der Waals surface area contributed by atoms with Gasteiger partial charge in [-0.15, -0.1) is 0 Å². The first kappa shape index (κ1) is 18.7. The van der Waals surface area contributed by atoms with Crippen LogP contribution in [0.1, 0.15) is 17.9 Å². The highest BCUT2D eigenvalue weighted by molar-refractivity contribution is 5.93. The number of hydrogen-bond acceptors (Lipinski definition) is 5. The highest BCUT2D eigenvalue weighted by atomic mass is 16.5. The maximum Gasteiger partial charge on any atom is 0.238 e. The second kappa shape index (κ2) is 9.01. The van der Waals surface area contributed by atoms with E-state index in [0.29, 0.717) is 30.4 Å². The predicted molar refractivity (Wildman–Crippen MR) is 109 cm³/mol. The molecule has 0 atom stereocenters. The van der Waals surface area contributed by atoms with Crippen LogP contribution in [0.15, 0.2) is 88.0 Å². The number of nitrogens with zero attached hydrogens (tertiary/aromatic N) is 3. The lowest BCUT2D eigenvalue weighted by Crippen LogP contribution is -2.33. The van der Waals surface area contributed by atoms with Gasteiger partial charge in [-0.1, -0.05) is 53.7 Å². The van der Waals surface area contributed by atoms with Gasteiger partial charge in [0, 0.05) is 25.1 Å². The molecule has 6 nitrogen and oxygen atoms in total. The SMILES string of the molecule is O=C(CCc1nc(-c2ccco2)no1)N(CCc1ccccc1)c1ccccc1.